The van der Waals surface area contributed by atoms with Crippen LogP contribution in [-0.4, -0.2) is 31.3 Å². The maximum atomic E-state index is 9.12. The third-order valence-electron chi connectivity index (χ3n) is 2.01. The van der Waals surface area contributed by atoms with Gasteiger partial charge in [0.1, 0.15) is 0 Å². The smallest absolute Gasteiger partial charge is 0.240 e. The van der Waals surface area contributed by atoms with E-state index in [1.165, 1.54) is 0 Å². The van der Waals surface area contributed by atoms with Gasteiger partial charge in [0.25, 0.3) is 0 Å². The number of rotatable bonds is 4. The first kappa shape index (κ1) is 10.7. The second kappa shape index (κ2) is 4.80. The van der Waals surface area contributed by atoms with E-state index in [1.54, 1.807) is 25.4 Å². The van der Waals surface area contributed by atoms with E-state index in [0.717, 1.165) is 0 Å². The Balaban J connectivity index is 2.08. The van der Waals surface area contributed by atoms with Crippen molar-refractivity contribution in [3.8, 4) is 11.6 Å². The Labute approximate surface area is 92.4 Å². The lowest BCUT2D eigenvalue weighted by molar-refractivity contribution is 0.180. The van der Waals surface area contributed by atoms with E-state index in [1.807, 2.05) is 0 Å². The first-order chi connectivity index (χ1) is 7.75. The Hall–Kier alpha value is -1.82. The van der Waals surface area contributed by atoms with Gasteiger partial charge in [-0.05, 0) is 19.4 Å². The lowest BCUT2D eigenvalue weighted by Gasteiger charge is -1.98. The second-order valence-electron chi connectivity index (χ2n) is 3.47. The zero-order valence-corrected chi connectivity index (χ0v) is 8.87. The molecule has 0 aromatic carbocycles. The highest BCUT2D eigenvalue weighted by atomic mass is 16.5. The Morgan fingerprint density at radius 3 is 2.75 bits per heavy atom. The van der Waals surface area contributed by atoms with Crippen LogP contribution in [0.4, 0.5) is 0 Å². The molecule has 0 bridgehead atoms. The molecule has 0 fully saturated rings. The van der Waals surface area contributed by atoms with E-state index in [-0.39, 0.29) is 6.10 Å². The minimum atomic E-state index is -0.372. The standard InChI is InChI=1S/C10H12N4O2/c1-7(15)3-4-8-13-10(14-16-8)9-11-5-2-6-12-9/h2,5-7,15H,3-4H2,1H3. The van der Waals surface area contributed by atoms with Crippen LogP contribution in [0.15, 0.2) is 23.0 Å². The SMILES string of the molecule is CC(O)CCc1nc(-c2ncccn2)no1. The van der Waals surface area contributed by atoms with Gasteiger partial charge in [-0.1, -0.05) is 5.16 Å². The highest BCUT2D eigenvalue weighted by molar-refractivity contribution is 5.40. The molecule has 0 spiro atoms. The lowest BCUT2D eigenvalue weighted by atomic mass is 10.2. The van der Waals surface area contributed by atoms with Crippen molar-refractivity contribution in [3.05, 3.63) is 24.4 Å². The van der Waals surface area contributed by atoms with Crippen molar-refractivity contribution in [2.45, 2.75) is 25.9 Å². The lowest BCUT2D eigenvalue weighted by Crippen LogP contribution is -2.01. The fraction of sp³-hybridized carbons (Fsp3) is 0.400. The van der Waals surface area contributed by atoms with Gasteiger partial charge in [0.15, 0.2) is 0 Å². The molecule has 0 amide bonds. The third-order valence-corrected chi connectivity index (χ3v) is 2.01. The first-order valence-electron chi connectivity index (χ1n) is 5.04. The summed E-state index contributed by atoms with van der Waals surface area (Å²) in [7, 11) is 0. The summed E-state index contributed by atoms with van der Waals surface area (Å²) < 4.78 is 5.02. The zero-order valence-electron chi connectivity index (χ0n) is 8.87. The minimum absolute atomic E-state index is 0.372. The van der Waals surface area contributed by atoms with E-state index in [2.05, 4.69) is 20.1 Å². The predicted molar refractivity (Wildman–Crippen MR) is 55.3 cm³/mol. The number of aliphatic hydroxyl groups is 1. The topological polar surface area (TPSA) is 84.9 Å². The molecule has 2 aromatic heterocycles. The molecule has 0 aliphatic heterocycles. The van der Waals surface area contributed by atoms with Crippen LogP contribution in [0.1, 0.15) is 19.2 Å². The summed E-state index contributed by atoms with van der Waals surface area (Å²) in [5.41, 5.74) is 0. The van der Waals surface area contributed by atoms with Gasteiger partial charge in [0.05, 0.1) is 6.10 Å². The summed E-state index contributed by atoms with van der Waals surface area (Å²) in [6.45, 7) is 1.72. The molecule has 6 nitrogen and oxygen atoms in total. The minimum Gasteiger partial charge on any atom is -0.393 e. The van der Waals surface area contributed by atoms with Gasteiger partial charge in [-0.2, -0.15) is 4.98 Å². The predicted octanol–water partition coefficient (Wildman–Crippen LogP) is 0.840. The third kappa shape index (κ3) is 2.60. The summed E-state index contributed by atoms with van der Waals surface area (Å²) in [6.07, 6.45) is 4.01. The average Bonchev–Trinajstić information content (AvgIpc) is 2.76. The fourth-order valence-electron chi connectivity index (χ4n) is 1.19. The van der Waals surface area contributed by atoms with Crippen LogP contribution in [0, 0.1) is 0 Å². The van der Waals surface area contributed by atoms with E-state index in [4.69, 9.17) is 9.63 Å². The largest absolute Gasteiger partial charge is 0.393 e. The maximum absolute atomic E-state index is 9.12. The van der Waals surface area contributed by atoms with Crippen LogP contribution in [0.2, 0.25) is 0 Å². The van der Waals surface area contributed by atoms with Gasteiger partial charge in [-0.25, -0.2) is 9.97 Å². The Bertz CT molecular complexity index is 441. The van der Waals surface area contributed by atoms with Gasteiger partial charge in [0, 0.05) is 18.8 Å². The Morgan fingerprint density at radius 1 is 1.31 bits per heavy atom. The number of hydrogen-bond acceptors (Lipinski definition) is 6. The zero-order chi connectivity index (χ0) is 11.4. The molecule has 1 atom stereocenters. The van der Waals surface area contributed by atoms with Crippen molar-refractivity contribution in [2.24, 2.45) is 0 Å². The summed E-state index contributed by atoms with van der Waals surface area (Å²) in [5, 5.41) is 12.9. The summed E-state index contributed by atoms with van der Waals surface area (Å²) in [5.74, 6) is 1.30. The Kier molecular flexibility index (Phi) is 3.21. The molecular weight excluding hydrogens is 208 g/mol. The van der Waals surface area contributed by atoms with Crippen molar-refractivity contribution in [1.82, 2.24) is 20.1 Å². The van der Waals surface area contributed by atoms with E-state index in [0.29, 0.717) is 30.4 Å². The highest BCUT2D eigenvalue weighted by Gasteiger charge is 2.10. The van der Waals surface area contributed by atoms with Gasteiger partial charge >= 0.3 is 0 Å². The molecule has 0 saturated heterocycles. The van der Waals surface area contributed by atoms with Crippen molar-refractivity contribution in [3.63, 3.8) is 0 Å². The van der Waals surface area contributed by atoms with Crippen LogP contribution < -0.4 is 0 Å². The Morgan fingerprint density at radius 2 is 2.06 bits per heavy atom. The average molecular weight is 220 g/mol. The molecule has 0 radical (unpaired) electrons. The molecule has 0 aliphatic rings. The number of aliphatic hydroxyl groups excluding tert-OH is 1. The van der Waals surface area contributed by atoms with Crippen LogP contribution in [0.5, 0.6) is 0 Å². The normalized spacial score (nSPS) is 12.6. The monoisotopic (exact) mass is 220 g/mol. The molecule has 84 valence electrons. The van der Waals surface area contributed by atoms with Gasteiger partial charge in [0.2, 0.25) is 17.5 Å². The van der Waals surface area contributed by atoms with Crippen LogP contribution in [-0.2, 0) is 6.42 Å². The van der Waals surface area contributed by atoms with Crippen molar-refractivity contribution in [2.75, 3.05) is 0 Å². The molecule has 2 aromatic rings. The van der Waals surface area contributed by atoms with Gasteiger partial charge < -0.3 is 9.63 Å². The molecule has 2 rings (SSSR count). The first-order valence-corrected chi connectivity index (χ1v) is 5.04. The molecular formula is C10H12N4O2. The number of aryl methyl sites for hydroxylation is 1. The van der Waals surface area contributed by atoms with Crippen molar-refractivity contribution >= 4 is 0 Å². The van der Waals surface area contributed by atoms with Crippen LogP contribution >= 0.6 is 0 Å². The fourth-order valence-corrected chi connectivity index (χ4v) is 1.19. The van der Waals surface area contributed by atoms with Gasteiger partial charge in [-0.15, -0.1) is 0 Å². The second-order valence-corrected chi connectivity index (χ2v) is 3.47. The maximum Gasteiger partial charge on any atom is 0.240 e. The molecule has 2 heterocycles. The van der Waals surface area contributed by atoms with E-state index < -0.39 is 0 Å². The summed E-state index contributed by atoms with van der Waals surface area (Å²) in [6, 6.07) is 1.72. The van der Waals surface area contributed by atoms with Crippen LogP contribution in [0.3, 0.4) is 0 Å². The van der Waals surface area contributed by atoms with E-state index in [9.17, 15) is 0 Å². The highest BCUT2D eigenvalue weighted by Crippen LogP contribution is 2.10. The van der Waals surface area contributed by atoms with Crippen LogP contribution in [0.25, 0.3) is 11.6 Å². The van der Waals surface area contributed by atoms with Crippen molar-refractivity contribution < 1.29 is 9.63 Å². The summed E-state index contributed by atoms with van der Waals surface area (Å²) in [4.78, 5) is 12.2. The number of hydrogen-bond donors (Lipinski definition) is 1. The quantitative estimate of drug-likeness (QED) is 0.821. The molecule has 0 aliphatic carbocycles. The molecule has 1 unspecified atom stereocenters. The molecule has 16 heavy (non-hydrogen) atoms. The molecule has 1 N–H and O–H groups in total. The van der Waals surface area contributed by atoms with E-state index >= 15 is 0 Å². The van der Waals surface area contributed by atoms with Crippen molar-refractivity contribution in [1.29, 1.82) is 0 Å². The molecule has 6 heteroatoms. The summed E-state index contributed by atoms with van der Waals surface area (Å²) >= 11 is 0. The molecule has 0 saturated carbocycles. The van der Waals surface area contributed by atoms with Gasteiger partial charge in [-0.3, -0.25) is 0 Å². The number of aromatic nitrogens is 4. The number of nitrogens with zero attached hydrogens (tertiary/aromatic N) is 4.